The number of rotatable bonds is 2. The molecule has 0 atom stereocenters. The minimum Gasteiger partial charge on any atom is -0.256 e. The maximum Gasteiger partial charge on any atom is 0.101 e. The van der Waals surface area contributed by atoms with Crippen LogP contribution >= 0.6 is 23.2 Å². The largest absolute Gasteiger partial charge is 0.256 e. The van der Waals surface area contributed by atoms with Gasteiger partial charge in [0.2, 0.25) is 0 Å². The molecule has 0 radical (unpaired) electrons. The lowest BCUT2D eigenvalue weighted by molar-refractivity contribution is 1.28. The molecule has 1 heterocycles. The molecule has 0 aliphatic rings. The Bertz CT molecular complexity index is 628. The lowest BCUT2D eigenvalue weighted by Crippen LogP contribution is -1.85. The van der Waals surface area contributed by atoms with E-state index in [-0.39, 0.29) is 0 Å². The van der Waals surface area contributed by atoms with Crippen molar-refractivity contribution in [1.29, 1.82) is 5.26 Å². The van der Waals surface area contributed by atoms with E-state index in [1.165, 1.54) is 0 Å². The zero-order valence-electron chi connectivity index (χ0n) is 9.27. The standard InChI is InChI=1S/C14H8Cl2N2/c15-12-5-4-10(8-13(12)16)7-11(9-17)14-3-1-2-6-18-14/h1-8H/b11-7+. The van der Waals surface area contributed by atoms with Crippen molar-refractivity contribution >= 4 is 34.9 Å². The van der Waals surface area contributed by atoms with Crippen molar-refractivity contribution in [3.63, 3.8) is 0 Å². The topological polar surface area (TPSA) is 36.7 Å². The van der Waals surface area contributed by atoms with Crippen LogP contribution < -0.4 is 0 Å². The quantitative estimate of drug-likeness (QED) is 0.759. The summed E-state index contributed by atoms with van der Waals surface area (Å²) in [5, 5.41) is 10.1. The van der Waals surface area contributed by atoms with Gasteiger partial charge in [0, 0.05) is 6.20 Å². The molecule has 0 N–H and O–H groups in total. The van der Waals surface area contributed by atoms with E-state index in [1.807, 2.05) is 6.07 Å². The van der Waals surface area contributed by atoms with E-state index in [0.29, 0.717) is 21.3 Å². The number of pyridine rings is 1. The molecule has 2 aromatic rings. The van der Waals surface area contributed by atoms with Crippen molar-refractivity contribution in [2.45, 2.75) is 0 Å². The van der Waals surface area contributed by atoms with Crippen LogP contribution in [0, 0.1) is 11.3 Å². The summed E-state index contributed by atoms with van der Waals surface area (Å²) in [4.78, 5) is 4.14. The Kier molecular flexibility index (Phi) is 3.99. The fourth-order valence-corrected chi connectivity index (χ4v) is 1.76. The molecule has 4 heteroatoms. The van der Waals surface area contributed by atoms with Gasteiger partial charge in [-0.25, -0.2) is 0 Å². The summed E-state index contributed by atoms with van der Waals surface area (Å²) in [5.74, 6) is 0. The molecule has 0 amide bonds. The van der Waals surface area contributed by atoms with Gasteiger partial charge in [0.15, 0.2) is 0 Å². The van der Waals surface area contributed by atoms with E-state index >= 15 is 0 Å². The zero-order chi connectivity index (χ0) is 13.0. The summed E-state index contributed by atoms with van der Waals surface area (Å²) in [5.41, 5.74) is 1.92. The predicted molar refractivity (Wildman–Crippen MR) is 74.2 cm³/mol. The molecule has 1 aromatic carbocycles. The van der Waals surface area contributed by atoms with Crippen LogP contribution in [0.1, 0.15) is 11.3 Å². The van der Waals surface area contributed by atoms with Crippen LogP contribution in [0.25, 0.3) is 11.6 Å². The van der Waals surface area contributed by atoms with E-state index < -0.39 is 0 Å². The molecule has 0 saturated carbocycles. The van der Waals surface area contributed by atoms with Crippen molar-refractivity contribution in [1.82, 2.24) is 4.98 Å². The third kappa shape index (κ3) is 2.89. The van der Waals surface area contributed by atoms with Crippen molar-refractivity contribution in [2.75, 3.05) is 0 Å². The second kappa shape index (κ2) is 5.68. The van der Waals surface area contributed by atoms with Gasteiger partial charge in [-0.3, -0.25) is 4.98 Å². The van der Waals surface area contributed by atoms with Crippen LogP contribution in [0.4, 0.5) is 0 Å². The molecule has 18 heavy (non-hydrogen) atoms. The molecular formula is C14H8Cl2N2. The number of hydrogen-bond acceptors (Lipinski definition) is 2. The minimum absolute atomic E-state index is 0.462. The van der Waals surface area contributed by atoms with E-state index in [2.05, 4.69) is 11.1 Å². The number of aromatic nitrogens is 1. The molecule has 2 nitrogen and oxygen atoms in total. The van der Waals surface area contributed by atoms with Crippen LogP contribution in [0.2, 0.25) is 10.0 Å². The van der Waals surface area contributed by atoms with Crippen LogP contribution in [0.15, 0.2) is 42.6 Å². The monoisotopic (exact) mass is 274 g/mol. The second-order valence-electron chi connectivity index (χ2n) is 3.56. The van der Waals surface area contributed by atoms with E-state index in [9.17, 15) is 0 Å². The van der Waals surface area contributed by atoms with Gasteiger partial charge in [-0.2, -0.15) is 5.26 Å². The van der Waals surface area contributed by atoms with Crippen molar-refractivity contribution in [2.24, 2.45) is 0 Å². The first kappa shape index (κ1) is 12.6. The van der Waals surface area contributed by atoms with E-state index in [1.54, 1.807) is 42.6 Å². The zero-order valence-corrected chi connectivity index (χ0v) is 10.8. The van der Waals surface area contributed by atoms with Gasteiger partial charge < -0.3 is 0 Å². The van der Waals surface area contributed by atoms with Crippen molar-refractivity contribution in [3.8, 4) is 6.07 Å². The van der Waals surface area contributed by atoms with Gasteiger partial charge in [-0.05, 0) is 35.9 Å². The third-order valence-corrected chi connectivity index (χ3v) is 3.05. The SMILES string of the molecule is N#C/C(=C\c1ccc(Cl)c(Cl)c1)c1ccccn1. The maximum absolute atomic E-state index is 9.15. The van der Waals surface area contributed by atoms with Gasteiger partial charge in [0.1, 0.15) is 6.07 Å². The molecule has 1 aromatic heterocycles. The molecule has 0 fully saturated rings. The first-order valence-electron chi connectivity index (χ1n) is 5.19. The number of nitrogens with zero attached hydrogens (tertiary/aromatic N) is 2. The lowest BCUT2D eigenvalue weighted by Gasteiger charge is -2.00. The van der Waals surface area contributed by atoms with Gasteiger partial charge in [-0.1, -0.05) is 35.3 Å². The van der Waals surface area contributed by atoms with Gasteiger partial charge in [0.05, 0.1) is 21.3 Å². The number of nitriles is 1. The molecule has 0 saturated heterocycles. The van der Waals surface area contributed by atoms with Crippen molar-refractivity contribution < 1.29 is 0 Å². The molecule has 88 valence electrons. The Balaban J connectivity index is 2.42. The number of halogens is 2. The van der Waals surface area contributed by atoms with E-state index in [4.69, 9.17) is 28.5 Å². The van der Waals surface area contributed by atoms with Crippen molar-refractivity contribution in [3.05, 3.63) is 63.9 Å². The fourth-order valence-electron chi connectivity index (χ4n) is 1.45. The highest BCUT2D eigenvalue weighted by molar-refractivity contribution is 6.42. The molecule has 0 aliphatic heterocycles. The third-order valence-electron chi connectivity index (χ3n) is 2.32. The number of benzene rings is 1. The molecule has 2 rings (SSSR count). The van der Waals surface area contributed by atoms with Gasteiger partial charge >= 0.3 is 0 Å². The Morgan fingerprint density at radius 3 is 2.61 bits per heavy atom. The summed E-state index contributed by atoms with van der Waals surface area (Å²) in [6, 6.07) is 12.8. The second-order valence-corrected chi connectivity index (χ2v) is 4.37. The summed E-state index contributed by atoms with van der Waals surface area (Å²) < 4.78 is 0. The minimum atomic E-state index is 0.462. The lowest BCUT2D eigenvalue weighted by atomic mass is 10.1. The van der Waals surface area contributed by atoms with Crippen LogP contribution in [0.5, 0.6) is 0 Å². The van der Waals surface area contributed by atoms with Gasteiger partial charge in [-0.15, -0.1) is 0 Å². The highest BCUT2D eigenvalue weighted by Crippen LogP contribution is 2.24. The summed E-state index contributed by atoms with van der Waals surface area (Å²) in [6.45, 7) is 0. The Morgan fingerprint density at radius 1 is 1.17 bits per heavy atom. The summed E-state index contributed by atoms with van der Waals surface area (Å²) in [7, 11) is 0. The maximum atomic E-state index is 9.15. The molecule has 0 aliphatic carbocycles. The normalized spacial score (nSPS) is 11.1. The molecule has 0 unspecified atom stereocenters. The number of hydrogen-bond donors (Lipinski definition) is 0. The first-order chi connectivity index (χ1) is 8.70. The highest BCUT2D eigenvalue weighted by atomic mass is 35.5. The smallest absolute Gasteiger partial charge is 0.101 e. The first-order valence-corrected chi connectivity index (χ1v) is 5.94. The van der Waals surface area contributed by atoms with Crippen LogP contribution in [-0.2, 0) is 0 Å². The van der Waals surface area contributed by atoms with Crippen LogP contribution in [0.3, 0.4) is 0 Å². The Labute approximate surface area is 115 Å². The van der Waals surface area contributed by atoms with E-state index in [0.717, 1.165) is 5.56 Å². The molecular weight excluding hydrogens is 267 g/mol. The Hall–Kier alpha value is -1.82. The van der Waals surface area contributed by atoms with Crippen LogP contribution in [-0.4, -0.2) is 4.98 Å². The Morgan fingerprint density at radius 2 is 2.00 bits per heavy atom. The summed E-state index contributed by atoms with van der Waals surface area (Å²) >= 11 is 11.8. The number of allylic oxidation sites excluding steroid dienone is 1. The van der Waals surface area contributed by atoms with Gasteiger partial charge in [0.25, 0.3) is 0 Å². The summed E-state index contributed by atoms with van der Waals surface area (Å²) in [6.07, 6.45) is 3.37. The highest BCUT2D eigenvalue weighted by Gasteiger charge is 2.03. The average Bonchev–Trinajstić information content (AvgIpc) is 2.41. The predicted octanol–water partition coefficient (Wildman–Crippen LogP) is 4.45. The molecule has 0 spiro atoms. The fraction of sp³-hybridized carbons (Fsp3) is 0. The average molecular weight is 275 g/mol. The molecule has 0 bridgehead atoms.